The van der Waals surface area contributed by atoms with Gasteiger partial charge in [-0.3, -0.25) is 9.10 Å². The Morgan fingerprint density at radius 3 is 2.33 bits per heavy atom. The standard InChI is InChI=1S/C3H5NOS/c1-2-4(6)3-5/h2-3,6H,1H2. The summed E-state index contributed by atoms with van der Waals surface area (Å²) >= 11 is 3.58. The molecule has 0 aliphatic heterocycles. The third-order valence-corrected chi connectivity index (χ3v) is 0.553. The van der Waals surface area contributed by atoms with Gasteiger partial charge in [0.25, 0.3) is 0 Å². The first kappa shape index (κ1) is 5.56. The molecule has 0 rings (SSSR count). The third kappa shape index (κ3) is 1.84. The third-order valence-electron chi connectivity index (χ3n) is 0.295. The SMILES string of the molecule is C=CN(S)C=O. The molecule has 0 N–H and O–H groups in total. The number of amides is 1. The van der Waals surface area contributed by atoms with Crippen molar-refractivity contribution in [2.45, 2.75) is 0 Å². The highest BCUT2D eigenvalue weighted by molar-refractivity contribution is 7.78. The van der Waals surface area contributed by atoms with E-state index in [1.54, 1.807) is 0 Å². The summed E-state index contributed by atoms with van der Waals surface area (Å²) in [6, 6.07) is 0. The molecular weight excluding hydrogens is 98.1 g/mol. The quantitative estimate of drug-likeness (QED) is 0.397. The van der Waals surface area contributed by atoms with Crippen LogP contribution in [0.4, 0.5) is 0 Å². The summed E-state index contributed by atoms with van der Waals surface area (Å²) in [6.07, 6.45) is 1.85. The molecule has 0 bridgehead atoms. The zero-order valence-electron chi connectivity index (χ0n) is 3.16. The van der Waals surface area contributed by atoms with Gasteiger partial charge >= 0.3 is 0 Å². The Hall–Kier alpha value is -0.440. The van der Waals surface area contributed by atoms with E-state index in [1.807, 2.05) is 0 Å². The molecule has 0 unspecified atom stereocenters. The molecular formula is C3H5NOS. The molecule has 0 saturated carbocycles. The summed E-state index contributed by atoms with van der Waals surface area (Å²) in [5.41, 5.74) is 0. The van der Waals surface area contributed by atoms with E-state index < -0.39 is 0 Å². The average Bonchev–Trinajstić information content (AvgIpc) is 1.65. The minimum absolute atomic E-state index is 0.552. The molecule has 0 fully saturated rings. The molecule has 3 heteroatoms. The fourth-order valence-electron chi connectivity index (χ4n) is 0.0430. The van der Waals surface area contributed by atoms with Crippen molar-refractivity contribution in [3.05, 3.63) is 12.8 Å². The molecule has 0 radical (unpaired) electrons. The molecule has 0 atom stereocenters. The maximum atomic E-state index is 9.51. The Morgan fingerprint density at radius 1 is 1.83 bits per heavy atom. The van der Waals surface area contributed by atoms with Crippen molar-refractivity contribution >= 4 is 19.2 Å². The lowest BCUT2D eigenvalue weighted by atomic mass is 11.0. The summed E-state index contributed by atoms with van der Waals surface area (Å²) in [6.45, 7) is 3.25. The largest absolute Gasteiger partial charge is 0.277 e. The van der Waals surface area contributed by atoms with Gasteiger partial charge < -0.3 is 0 Å². The normalized spacial score (nSPS) is 6.83. The molecule has 1 amide bonds. The number of rotatable bonds is 2. The lowest BCUT2D eigenvalue weighted by Crippen LogP contribution is -1.95. The molecule has 0 saturated heterocycles. The number of hydrogen-bond acceptors (Lipinski definition) is 2. The van der Waals surface area contributed by atoms with Crippen LogP contribution in [0, 0.1) is 0 Å². The van der Waals surface area contributed by atoms with Gasteiger partial charge in [-0.05, 0) is 0 Å². The summed E-state index contributed by atoms with van der Waals surface area (Å²) in [4.78, 5) is 9.51. The Morgan fingerprint density at radius 2 is 2.33 bits per heavy atom. The fraction of sp³-hybridized carbons (Fsp3) is 0. The van der Waals surface area contributed by atoms with Gasteiger partial charge in [-0.2, -0.15) is 0 Å². The van der Waals surface area contributed by atoms with E-state index in [1.165, 1.54) is 6.20 Å². The summed E-state index contributed by atoms with van der Waals surface area (Å²) in [5.74, 6) is 0. The second-order valence-corrected chi connectivity index (χ2v) is 1.13. The van der Waals surface area contributed by atoms with E-state index in [0.29, 0.717) is 6.41 Å². The highest BCUT2D eigenvalue weighted by Gasteiger charge is 1.75. The van der Waals surface area contributed by atoms with Gasteiger partial charge in [-0.1, -0.05) is 19.4 Å². The number of carbonyl (C=O) groups excluding carboxylic acids is 1. The molecule has 0 aromatic heterocycles. The van der Waals surface area contributed by atoms with Crippen LogP contribution < -0.4 is 0 Å². The van der Waals surface area contributed by atoms with Crippen molar-refractivity contribution in [1.82, 2.24) is 4.31 Å². The van der Waals surface area contributed by atoms with Gasteiger partial charge in [0.05, 0.1) is 0 Å². The van der Waals surface area contributed by atoms with Crippen molar-refractivity contribution in [2.24, 2.45) is 0 Å². The topological polar surface area (TPSA) is 20.3 Å². The molecule has 2 nitrogen and oxygen atoms in total. The Kier molecular flexibility index (Phi) is 2.58. The van der Waals surface area contributed by atoms with Gasteiger partial charge in [0.15, 0.2) is 0 Å². The van der Waals surface area contributed by atoms with Crippen LogP contribution >= 0.6 is 12.8 Å². The minimum Gasteiger partial charge on any atom is -0.277 e. The van der Waals surface area contributed by atoms with Crippen LogP contribution in [0.5, 0.6) is 0 Å². The van der Waals surface area contributed by atoms with E-state index in [4.69, 9.17) is 0 Å². The van der Waals surface area contributed by atoms with Crippen molar-refractivity contribution in [3.63, 3.8) is 0 Å². The second kappa shape index (κ2) is 2.78. The highest BCUT2D eigenvalue weighted by Crippen LogP contribution is 1.82. The number of carbonyl (C=O) groups is 1. The van der Waals surface area contributed by atoms with Crippen LogP contribution in [0.2, 0.25) is 0 Å². The molecule has 34 valence electrons. The van der Waals surface area contributed by atoms with Gasteiger partial charge in [-0.15, -0.1) is 0 Å². The van der Waals surface area contributed by atoms with E-state index in [9.17, 15) is 4.79 Å². The molecule has 0 aliphatic carbocycles. The van der Waals surface area contributed by atoms with Crippen LogP contribution in [0.3, 0.4) is 0 Å². The smallest absolute Gasteiger partial charge is 0.223 e. The lowest BCUT2D eigenvalue weighted by Gasteiger charge is -1.93. The summed E-state index contributed by atoms with van der Waals surface area (Å²) in [5, 5.41) is 0. The monoisotopic (exact) mass is 103 g/mol. The molecule has 0 aromatic rings. The summed E-state index contributed by atoms with van der Waals surface area (Å²) in [7, 11) is 0. The zero-order valence-corrected chi connectivity index (χ0v) is 4.06. The maximum absolute atomic E-state index is 9.51. The highest BCUT2D eigenvalue weighted by atomic mass is 32.1. The van der Waals surface area contributed by atoms with Crippen molar-refractivity contribution in [1.29, 1.82) is 0 Å². The fourth-order valence-corrected chi connectivity index (χ4v) is 0.0430. The number of hydrogen-bond donors (Lipinski definition) is 1. The van der Waals surface area contributed by atoms with Gasteiger partial charge in [0.1, 0.15) is 0 Å². The van der Waals surface area contributed by atoms with Crippen molar-refractivity contribution < 1.29 is 4.79 Å². The number of nitrogens with zero attached hydrogens (tertiary/aromatic N) is 1. The van der Waals surface area contributed by atoms with Gasteiger partial charge in [0, 0.05) is 6.20 Å². The first-order chi connectivity index (χ1) is 2.81. The van der Waals surface area contributed by atoms with Crippen molar-refractivity contribution in [3.8, 4) is 0 Å². The molecule has 0 aromatic carbocycles. The summed E-state index contributed by atoms with van der Waals surface area (Å²) < 4.78 is 1.03. The molecule has 0 spiro atoms. The van der Waals surface area contributed by atoms with Gasteiger partial charge in [-0.25, -0.2) is 0 Å². The Bertz CT molecular complexity index is 55.8. The van der Waals surface area contributed by atoms with E-state index in [2.05, 4.69) is 19.4 Å². The molecule has 6 heavy (non-hydrogen) atoms. The predicted octanol–water partition coefficient (Wildman–Crippen LogP) is 0.433. The van der Waals surface area contributed by atoms with Crippen LogP contribution in [-0.2, 0) is 4.79 Å². The van der Waals surface area contributed by atoms with Crippen LogP contribution in [-0.4, -0.2) is 10.7 Å². The van der Waals surface area contributed by atoms with Gasteiger partial charge in [0.2, 0.25) is 6.41 Å². The van der Waals surface area contributed by atoms with E-state index >= 15 is 0 Å². The first-order valence-electron chi connectivity index (χ1n) is 1.36. The first-order valence-corrected chi connectivity index (χ1v) is 1.76. The minimum atomic E-state index is 0.552. The number of thiol groups is 1. The second-order valence-electron chi connectivity index (χ2n) is 0.668. The van der Waals surface area contributed by atoms with Crippen molar-refractivity contribution in [2.75, 3.05) is 0 Å². The Labute approximate surface area is 42.0 Å². The molecule has 0 heterocycles. The average molecular weight is 103 g/mol. The maximum Gasteiger partial charge on any atom is 0.223 e. The van der Waals surface area contributed by atoms with Crippen LogP contribution in [0.25, 0.3) is 0 Å². The van der Waals surface area contributed by atoms with Crippen LogP contribution in [0.15, 0.2) is 12.8 Å². The molecule has 0 aliphatic rings. The van der Waals surface area contributed by atoms with E-state index in [0.717, 1.165) is 4.31 Å². The van der Waals surface area contributed by atoms with E-state index in [-0.39, 0.29) is 0 Å². The van der Waals surface area contributed by atoms with Crippen LogP contribution in [0.1, 0.15) is 0 Å². The predicted molar refractivity (Wildman–Crippen MR) is 27.1 cm³/mol. The lowest BCUT2D eigenvalue weighted by molar-refractivity contribution is -0.112. The zero-order chi connectivity index (χ0) is 4.99. The Balaban J connectivity index is 3.21.